The Morgan fingerprint density at radius 3 is 2.41 bits per heavy atom. The Morgan fingerprint density at radius 1 is 1.10 bits per heavy atom. The lowest BCUT2D eigenvalue weighted by molar-refractivity contribution is 0.0786. The van der Waals surface area contributed by atoms with Gasteiger partial charge in [0.2, 0.25) is 0 Å². The SMILES string of the molecule is COc1ccccc1NS(=O)(=O)c1ccc(C(=O)N(C)Cc2sccc2C)cc1. The number of sulfonamides is 1. The van der Waals surface area contributed by atoms with E-state index in [0.717, 1.165) is 10.4 Å². The summed E-state index contributed by atoms with van der Waals surface area (Å²) in [5.41, 5.74) is 1.93. The Bertz CT molecular complexity index is 1110. The molecule has 0 unspecified atom stereocenters. The largest absolute Gasteiger partial charge is 0.495 e. The molecule has 0 fully saturated rings. The lowest BCUT2D eigenvalue weighted by Crippen LogP contribution is -2.26. The van der Waals surface area contributed by atoms with Crippen LogP contribution in [0, 0.1) is 6.92 Å². The van der Waals surface area contributed by atoms with E-state index in [9.17, 15) is 13.2 Å². The highest BCUT2D eigenvalue weighted by molar-refractivity contribution is 7.92. The summed E-state index contributed by atoms with van der Waals surface area (Å²) in [6.45, 7) is 2.52. The summed E-state index contributed by atoms with van der Waals surface area (Å²) in [7, 11) is -0.603. The van der Waals surface area contributed by atoms with Crippen LogP contribution in [0.3, 0.4) is 0 Å². The van der Waals surface area contributed by atoms with Gasteiger partial charge in [0.05, 0.1) is 24.2 Å². The Labute approximate surface area is 174 Å². The summed E-state index contributed by atoms with van der Waals surface area (Å²) in [5.74, 6) is 0.257. The zero-order chi connectivity index (χ0) is 21.0. The van der Waals surface area contributed by atoms with E-state index in [0.29, 0.717) is 23.5 Å². The van der Waals surface area contributed by atoms with Crippen LogP contribution in [0.4, 0.5) is 5.69 Å². The maximum atomic E-state index is 12.7. The van der Waals surface area contributed by atoms with Crippen LogP contribution in [0.25, 0.3) is 0 Å². The Balaban J connectivity index is 1.75. The van der Waals surface area contributed by atoms with Gasteiger partial charge >= 0.3 is 0 Å². The van der Waals surface area contributed by atoms with Crippen LogP contribution >= 0.6 is 11.3 Å². The third-order valence-corrected chi connectivity index (χ3v) is 6.85. The van der Waals surface area contributed by atoms with E-state index in [4.69, 9.17) is 4.74 Å². The maximum Gasteiger partial charge on any atom is 0.262 e. The minimum Gasteiger partial charge on any atom is -0.495 e. The monoisotopic (exact) mass is 430 g/mol. The lowest BCUT2D eigenvalue weighted by atomic mass is 10.2. The second-order valence-electron chi connectivity index (χ2n) is 6.52. The number of amides is 1. The van der Waals surface area contributed by atoms with Crippen LogP contribution < -0.4 is 9.46 Å². The van der Waals surface area contributed by atoms with Crippen LogP contribution in [-0.4, -0.2) is 33.4 Å². The van der Waals surface area contributed by atoms with Crippen molar-refractivity contribution in [2.24, 2.45) is 0 Å². The molecule has 3 rings (SSSR count). The smallest absolute Gasteiger partial charge is 0.262 e. The normalized spacial score (nSPS) is 11.1. The van der Waals surface area contributed by atoms with Crippen molar-refractivity contribution < 1.29 is 17.9 Å². The number of hydrogen-bond acceptors (Lipinski definition) is 5. The first-order valence-electron chi connectivity index (χ1n) is 8.86. The summed E-state index contributed by atoms with van der Waals surface area (Å²) in [6, 6.07) is 14.7. The molecule has 152 valence electrons. The number of carbonyl (C=O) groups is 1. The number of nitrogens with one attached hydrogen (secondary N) is 1. The average molecular weight is 431 g/mol. The Hall–Kier alpha value is -2.84. The first-order valence-corrected chi connectivity index (χ1v) is 11.2. The van der Waals surface area contributed by atoms with E-state index < -0.39 is 10.0 Å². The molecular formula is C21H22N2O4S2. The fourth-order valence-electron chi connectivity index (χ4n) is 2.78. The van der Waals surface area contributed by atoms with Gasteiger partial charge in [-0.25, -0.2) is 8.42 Å². The molecule has 0 radical (unpaired) electrons. The van der Waals surface area contributed by atoms with Crippen LogP contribution in [0.2, 0.25) is 0 Å². The van der Waals surface area contributed by atoms with Gasteiger partial charge in [0.15, 0.2) is 0 Å². The molecule has 0 aliphatic heterocycles. The zero-order valence-electron chi connectivity index (χ0n) is 16.4. The van der Waals surface area contributed by atoms with E-state index >= 15 is 0 Å². The van der Waals surface area contributed by atoms with Gasteiger partial charge in [-0.15, -0.1) is 11.3 Å². The first-order chi connectivity index (χ1) is 13.8. The third-order valence-electron chi connectivity index (χ3n) is 4.46. The molecule has 0 spiro atoms. The van der Waals surface area contributed by atoms with Crippen molar-refractivity contribution in [3.05, 3.63) is 76.0 Å². The molecule has 29 heavy (non-hydrogen) atoms. The van der Waals surface area contributed by atoms with Gasteiger partial charge < -0.3 is 9.64 Å². The highest BCUT2D eigenvalue weighted by atomic mass is 32.2. The van der Waals surface area contributed by atoms with Crippen molar-refractivity contribution in [2.45, 2.75) is 18.4 Å². The molecule has 3 aromatic rings. The van der Waals surface area contributed by atoms with E-state index in [-0.39, 0.29) is 10.8 Å². The predicted molar refractivity (Wildman–Crippen MR) is 115 cm³/mol. The molecule has 2 aromatic carbocycles. The highest BCUT2D eigenvalue weighted by Gasteiger charge is 2.18. The molecule has 0 aliphatic rings. The fourth-order valence-corrected chi connectivity index (χ4v) is 4.81. The number of nitrogens with zero attached hydrogens (tertiary/aromatic N) is 1. The van der Waals surface area contributed by atoms with Crippen LogP contribution in [0.5, 0.6) is 5.75 Å². The fraction of sp³-hybridized carbons (Fsp3) is 0.190. The number of benzene rings is 2. The minimum absolute atomic E-state index is 0.0664. The molecule has 1 N–H and O–H groups in total. The Morgan fingerprint density at radius 2 is 1.79 bits per heavy atom. The lowest BCUT2D eigenvalue weighted by Gasteiger charge is -2.17. The number of anilines is 1. The Kier molecular flexibility index (Phi) is 6.24. The van der Waals surface area contributed by atoms with E-state index in [1.54, 1.807) is 47.5 Å². The first kappa shape index (κ1) is 20.9. The van der Waals surface area contributed by atoms with Gasteiger partial charge in [-0.1, -0.05) is 12.1 Å². The van der Waals surface area contributed by atoms with Gasteiger partial charge in [-0.2, -0.15) is 0 Å². The van der Waals surface area contributed by atoms with E-state index in [1.807, 2.05) is 18.4 Å². The predicted octanol–water partition coefficient (Wildman–Crippen LogP) is 4.14. The number of para-hydroxylation sites is 2. The molecule has 6 nitrogen and oxygen atoms in total. The quantitative estimate of drug-likeness (QED) is 0.611. The van der Waals surface area contributed by atoms with Gasteiger partial charge in [-0.3, -0.25) is 9.52 Å². The zero-order valence-corrected chi connectivity index (χ0v) is 18.0. The van der Waals surface area contributed by atoms with Crippen molar-refractivity contribution in [1.82, 2.24) is 4.90 Å². The molecule has 0 atom stereocenters. The standard InChI is InChI=1S/C21H22N2O4S2/c1-15-12-13-28-20(15)14-23(2)21(24)16-8-10-17(11-9-16)29(25,26)22-18-6-4-5-7-19(18)27-3/h4-13,22H,14H2,1-3H3. The molecule has 8 heteroatoms. The number of hydrogen-bond donors (Lipinski definition) is 1. The van der Waals surface area contributed by atoms with Crippen molar-refractivity contribution in [2.75, 3.05) is 18.9 Å². The number of methoxy groups -OCH3 is 1. The molecule has 0 saturated heterocycles. The van der Waals surface area contributed by atoms with E-state index in [2.05, 4.69) is 4.72 Å². The van der Waals surface area contributed by atoms with Gasteiger partial charge in [0.25, 0.3) is 15.9 Å². The second-order valence-corrected chi connectivity index (χ2v) is 9.20. The highest BCUT2D eigenvalue weighted by Crippen LogP contribution is 2.26. The van der Waals surface area contributed by atoms with Gasteiger partial charge in [0, 0.05) is 17.5 Å². The third kappa shape index (κ3) is 4.78. The summed E-state index contributed by atoms with van der Waals surface area (Å²) in [6.07, 6.45) is 0. The molecular weight excluding hydrogens is 408 g/mol. The number of ether oxygens (including phenoxy) is 1. The molecule has 1 amide bonds. The van der Waals surface area contributed by atoms with Gasteiger partial charge in [-0.05, 0) is 60.3 Å². The summed E-state index contributed by atoms with van der Waals surface area (Å²) in [5, 5.41) is 2.00. The molecule has 0 bridgehead atoms. The number of thiophene rings is 1. The van der Waals surface area contributed by atoms with Crippen molar-refractivity contribution in [3.63, 3.8) is 0 Å². The molecule has 0 aliphatic carbocycles. The summed E-state index contributed by atoms with van der Waals surface area (Å²) < 4.78 is 33.0. The molecule has 0 saturated carbocycles. The number of aryl methyl sites for hydroxylation is 1. The van der Waals surface area contributed by atoms with Crippen LogP contribution in [0.15, 0.2) is 64.9 Å². The molecule has 1 heterocycles. The minimum atomic E-state index is -3.81. The average Bonchev–Trinajstić information content (AvgIpc) is 3.12. The maximum absolute atomic E-state index is 12.7. The second kappa shape index (κ2) is 8.67. The van der Waals surface area contributed by atoms with Crippen molar-refractivity contribution in [1.29, 1.82) is 0 Å². The number of carbonyl (C=O) groups excluding carboxylic acids is 1. The van der Waals surface area contributed by atoms with Crippen molar-refractivity contribution >= 4 is 33.0 Å². The van der Waals surface area contributed by atoms with Crippen molar-refractivity contribution in [3.8, 4) is 5.75 Å². The number of rotatable bonds is 7. The van der Waals surface area contributed by atoms with Crippen LogP contribution in [-0.2, 0) is 16.6 Å². The van der Waals surface area contributed by atoms with E-state index in [1.165, 1.54) is 31.4 Å². The van der Waals surface area contributed by atoms with Gasteiger partial charge in [0.1, 0.15) is 5.75 Å². The molecule has 1 aromatic heterocycles. The summed E-state index contributed by atoms with van der Waals surface area (Å²) >= 11 is 1.61. The topological polar surface area (TPSA) is 75.7 Å². The van der Waals surface area contributed by atoms with Crippen LogP contribution in [0.1, 0.15) is 20.8 Å². The summed E-state index contributed by atoms with van der Waals surface area (Å²) in [4.78, 5) is 15.5.